The molecule has 1 fully saturated rings. The molecule has 2 heterocycles. The zero-order valence-corrected chi connectivity index (χ0v) is 9.59. The first-order valence-electron chi connectivity index (χ1n) is 5.39. The van der Waals surface area contributed by atoms with E-state index in [2.05, 4.69) is 10.3 Å². The Labute approximate surface area is 98.2 Å². The third kappa shape index (κ3) is 2.14. The Bertz CT molecular complexity index is 484. The summed E-state index contributed by atoms with van der Waals surface area (Å²) in [6.07, 6.45) is 3.12. The van der Waals surface area contributed by atoms with E-state index >= 15 is 0 Å². The van der Waals surface area contributed by atoms with E-state index < -0.39 is 11.9 Å². The van der Waals surface area contributed by atoms with Crippen LogP contribution in [0.5, 0.6) is 0 Å². The van der Waals surface area contributed by atoms with Gasteiger partial charge in [0.1, 0.15) is 6.04 Å². The van der Waals surface area contributed by atoms with E-state index in [9.17, 15) is 9.59 Å². The third-order valence-corrected chi connectivity index (χ3v) is 2.84. The summed E-state index contributed by atoms with van der Waals surface area (Å²) >= 11 is 0. The molecule has 1 atom stereocenters. The average molecular weight is 237 g/mol. The summed E-state index contributed by atoms with van der Waals surface area (Å²) in [5.41, 5.74) is 5.10. The number of aryl methyl sites for hydroxylation is 1. The Balaban J connectivity index is 2.40. The Hall–Kier alpha value is -1.89. The molecule has 2 rings (SSSR count). The molecule has 1 aromatic rings. The molecule has 7 nitrogen and oxygen atoms in total. The number of nitrogens with zero attached hydrogens (tertiary/aromatic N) is 3. The fraction of sp³-hybridized carbons (Fsp3) is 0.500. The highest BCUT2D eigenvalue weighted by Gasteiger charge is 2.29. The molecule has 17 heavy (non-hydrogen) atoms. The number of carbonyl (C=O) groups is 1. The first kappa shape index (κ1) is 11.6. The number of rotatable bonds is 2. The number of anilines is 1. The topological polar surface area (TPSA) is 93.2 Å². The Morgan fingerprint density at radius 1 is 1.65 bits per heavy atom. The van der Waals surface area contributed by atoms with Crippen LogP contribution in [0.2, 0.25) is 0 Å². The van der Waals surface area contributed by atoms with Crippen molar-refractivity contribution in [2.24, 2.45) is 12.8 Å². The number of carbonyl (C=O) groups excluding carboxylic acids is 1. The van der Waals surface area contributed by atoms with Gasteiger partial charge in [0, 0.05) is 39.1 Å². The van der Waals surface area contributed by atoms with Crippen molar-refractivity contribution in [1.29, 1.82) is 0 Å². The summed E-state index contributed by atoms with van der Waals surface area (Å²) in [6, 6.07) is -0.522. The molecule has 1 saturated heterocycles. The highest BCUT2D eigenvalue weighted by Crippen LogP contribution is 2.10. The highest BCUT2D eigenvalue weighted by molar-refractivity contribution is 5.83. The maximum atomic E-state index is 11.9. The van der Waals surface area contributed by atoms with Crippen LogP contribution in [0, 0.1) is 0 Å². The van der Waals surface area contributed by atoms with E-state index in [1.807, 2.05) is 0 Å². The molecule has 0 aromatic carbocycles. The maximum Gasteiger partial charge on any atom is 0.293 e. The predicted molar refractivity (Wildman–Crippen MR) is 62.7 cm³/mol. The van der Waals surface area contributed by atoms with Gasteiger partial charge < -0.3 is 20.5 Å². The van der Waals surface area contributed by atoms with E-state index in [-0.39, 0.29) is 11.4 Å². The van der Waals surface area contributed by atoms with Gasteiger partial charge in [0.05, 0.1) is 0 Å². The number of nitrogens with two attached hydrogens (primary N) is 1. The van der Waals surface area contributed by atoms with Gasteiger partial charge in [-0.25, -0.2) is 4.98 Å². The lowest BCUT2D eigenvalue weighted by atomic mass is 10.2. The lowest BCUT2D eigenvalue weighted by molar-refractivity contribution is -0.119. The van der Waals surface area contributed by atoms with Gasteiger partial charge in [0.2, 0.25) is 5.91 Å². The van der Waals surface area contributed by atoms with Gasteiger partial charge in [-0.05, 0) is 0 Å². The minimum atomic E-state index is -0.522. The van der Waals surface area contributed by atoms with Gasteiger partial charge in [0.25, 0.3) is 5.56 Å². The van der Waals surface area contributed by atoms with Crippen LogP contribution >= 0.6 is 0 Å². The SMILES string of the molecule is Cn1ccnc(N2CCNCC2C(N)=O)c1=O. The van der Waals surface area contributed by atoms with Crippen LogP contribution in [0.25, 0.3) is 0 Å². The minimum Gasteiger partial charge on any atom is -0.368 e. The number of aromatic nitrogens is 2. The third-order valence-electron chi connectivity index (χ3n) is 2.84. The van der Waals surface area contributed by atoms with E-state index in [1.165, 1.54) is 10.8 Å². The molecule has 0 radical (unpaired) electrons. The molecule has 7 heteroatoms. The van der Waals surface area contributed by atoms with Crippen molar-refractivity contribution in [3.8, 4) is 0 Å². The molecule has 0 aliphatic carbocycles. The summed E-state index contributed by atoms with van der Waals surface area (Å²) in [7, 11) is 1.65. The molecular formula is C10H15N5O2. The lowest BCUT2D eigenvalue weighted by Gasteiger charge is -2.34. The van der Waals surface area contributed by atoms with Crippen LogP contribution in [-0.2, 0) is 11.8 Å². The normalized spacial score (nSPS) is 20.3. The van der Waals surface area contributed by atoms with Crippen molar-refractivity contribution in [2.45, 2.75) is 6.04 Å². The second kappa shape index (κ2) is 4.54. The van der Waals surface area contributed by atoms with Gasteiger partial charge in [-0.2, -0.15) is 0 Å². The molecule has 0 bridgehead atoms. The van der Waals surface area contributed by atoms with Gasteiger partial charge in [0.15, 0.2) is 5.82 Å². The van der Waals surface area contributed by atoms with Crippen LogP contribution in [0.1, 0.15) is 0 Å². The first-order valence-corrected chi connectivity index (χ1v) is 5.39. The van der Waals surface area contributed by atoms with Crippen LogP contribution in [0.15, 0.2) is 17.2 Å². The summed E-state index contributed by atoms with van der Waals surface area (Å²) in [6.45, 7) is 1.68. The molecule has 1 unspecified atom stereocenters. The van der Waals surface area contributed by atoms with E-state index in [1.54, 1.807) is 18.1 Å². The fourth-order valence-electron chi connectivity index (χ4n) is 1.89. The molecule has 0 spiro atoms. The summed E-state index contributed by atoms with van der Waals surface area (Å²) in [5, 5.41) is 3.07. The summed E-state index contributed by atoms with van der Waals surface area (Å²) in [5.74, 6) is -0.176. The van der Waals surface area contributed by atoms with Crippen LogP contribution in [-0.4, -0.2) is 41.1 Å². The standard InChI is InChI=1S/C10H15N5O2/c1-14-4-3-13-9(10(14)17)15-5-2-12-6-7(15)8(11)16/h3-4,7,12H,2,5-6H2,1H3,(H2,11,16). The van der Waals surface area contributed by atoms with Gasteiger partial charge in [-0.1, -0.05) is 0 Å². The van der Waals surface area contributed by atoms with Gasteiger partial charge in [-0.3, -0.25) is 9.59 Å². The largest absolute Gasteiger partial charge is 0.368 e. The monoisotopic (exact) mass is 237 g/mol. The van der Waals surface area contributed by atoms with Crippen LogP contribution in [0.4, 0.5) is 5.82 Å². The smallest absolute Gasteiger partial charge is 0.293 e. The number of nitrogens with one attached hydrogen (secondary N) is 1. The number of hydrogen-bond donors (Lipinski definition) is 2. The number of primary amides is 1. The average Bonchev–Trinajstić information content (AvgIpc) is 2.33. The Morgan fingerprint density at radius 2 is 2.41 bits per heavy atom. The van der Waals surface area contributed by atoms with Crippen molar-refractivity contribution in [1.82, 2.24) is 14.9 Å². The van der Waals surface area contributed by atoms with E-state index in [4.69, 9.17) is 5.73 Å². The lowest BCUT2D eigenvalue weighted by Crippen LogP contribution is -2.58. The van der Waals surface area contributed by atoms with Crippen molar-refractivity contribution < 1.29 is 4.79 Å². The molecule has 1 amide bonds. The Kier molecular flexibility index (Phi) is 3.10. The number of amides is 1. The predicted octanol–water partition coefficient (Wildman–Crippen LogP) is -1.96. The first-order chi connectivity index (χ1) is 8.11. The maximum absolute atomic E-state index is 11.9. The summed E-state index contributed by atoms with van der Waals surface area (Å²) in [4.78, 5) is 29.0. The van der Waals surface area contributed by atoms with Gasteiger partial charge >= 0.3 is 0 Å². The molecule has 0 saturated carbocycles. The van der Waals surface area contributed by atoms with Crippen molar-refractivity contribution in [2.75, 3.05) is 24.5 Å². The minimum absolute atomic E-state index is 0.222. The molecular weight excluding hydrogens is 222 g/mol. The quantitative estimate of drug-likeness (QED) is 0.623. The van der Waals surface area contributed by atoms with Crippen molar-refractivity contribution in [3.63, 3.8) is 0 Å². The molecule has 92 valence electrons. The Morgan fingerprint density at radius 3 is 3.12 bits per heavy atom. The molecule has 1 aliphatic rings. The van der Waals surface area contributed by atoms with Crippen LogP contribution < -0.4 is 21.5 Å². The highest BCUT2D eigenvalue weighted by atomic mass is 16.2. The molecule has 1 aromatic heterocycles. The zero-order valence-electron chi connectivity index (χ0n) is 9.59. The molecule has 1 aliphatic heterocycles. The number of piperazine rings is 1. The second-order valence-electron chi connectivity index (χ2n) is 3.98. The number of hydrogen-bond acceptors (Lipinski definition) is 5. The van der Waals surface area contributed by atoms with Crippen LogP contribution in [0.3, 0.4) is 0 Å². The fourth-order valence-corrected chi connectivity index (χ4v) is 1.89. The van der Waals surface area contributed by atoms with Crippen molar-refractivity contribution in [3.05, 3.63) is 22.7 Å². The van der Waals surface area contributed by atoms with E-state index in [0.717, 1.165) is 0 Å². The summed E-state index contributed by atoms with van der Waals surface area (Å²) < 4.78 is 1.43. The van der Waals surface area contributed by atoms with Crippen molar-refractivity contribution >= 4 is 11.7 Å². The second-order valence-corrected chi connectivity index (χ2v) is 3.98. The molecule has 3 N–H and O–H groups in total. The van der Waals surface area contributed by atoms with E-state index in [0.29, 0.717) is 19.6 Å². The van der Waals surface area contributed by atoms with Gasteiger partial charge in [-0.15, -0.1) is 0 Å². The zero-order chi connectivity index (χ0) is 12.4.